The summed E-state index contributed by atoms with van der Waals surface area (Å²) >= 11 is 0. The second-order valence-electron chi connectivity index (χ2n) is 6.63. The summed E-state index contributed by atoms with van der Waals surface area (Å²) in [5.74, 6) is 1.76. The Hall–Kier alpha value is -1.45. The highest BCUT2D eigenvalue weighted by Crippen LogP contribution is 2.27. The van der Waals surface area contributed by atoms with Crippen molar-refractivity contribution in [1.29, 1.82) is 0 Å². The summed E-state index contributed by atoms with van der Waals surface area (Å²) in [5.41, 5.74) is 2.52. The van der Waals surface area contributed by atoms with Crippen LogP contribution in [-0.4, -0.2) is 21.9 Å². The first-order chi connectivity index (χ1) is 9.31. The molecule has 1 N–H and O–H groups in total. The normalized spacial score (nSPS) is 18.6. The molecule has 0 spiro atoms. The van der Waals surface area contributed by atoms with E-state index < -0.39 is 0 Å². The van der Waals surface area contributed by atoms with Crippen LogP contribution in [0, 0.1) is 5.92 Å². The molecule has 1 aromatic rings. The number of nitrogens with one attached hydrogen (secondary N) is 1. The number of rotatable bonds is 3. The van der Waals surface area contributed by atoms with Crippen molar-refractivity contribution in [2.45, 2.75) is 65.8 Å². The smallest absolute Gasteiger partial charge is 0.255 e. The Kier molecular flexibility index (Phi) is 4.11. The van der Waals surface area contributed by atoms with Gasteiger partial charge in [-0.15, -0.1) is 0 Å². The van der Waals surface area contributed by atoms with Crippen molar-refractivity contribution in [3.8, 4) is 0 Å². The van der Waals surface area contributed by atoms with Crippen LogP contribution in [0.5, 0.6) is 0 Å². The van der Waals surface area contributed by atoms with E-state index in [4.69, 9.17) is 0 Å². The van der Waals surface area contributed by atoms with Crippen LogP contribution in [0.2, 0.25) is 0 Å². The molecule has 0 radical (unpaired) electrons. The number of nitrogens with zero attached hydrogens (tertiary/aromatic N) is 2. The Morgan fingerprint density at radius 1 is 1.05 bits per heavy atom. The van der Waals surface area contributed by atoms with Crippen LogP contribution in [-0.2, 0) is 6.42 Å². The van der Waals surface area contributed by atoms with Crippen molar-refractivity contribution in [1.82, 2.24) is 15.3 Å². The largest absolute Gasteiger partial charge is 0.349 e. The zero-order valence-electron chi connectivity index (χ0n) is 13.3. The second-order valence-corrected chi connectivity index (χ2v) is 6.63. The average Bonchev–Trinajstić information content (AvgIpc) is 2.36. The maximum atomic E-state index is 12.4. The van der Waals surface area contributed by atoms with Crippen LogP contribution in [0.25, 0.3) is 0 Å². The van der Waals surface area contributed by atoms with E-state index in [1.54, 1.807) is 0 Å². The first-order valence-corrected chi connectivity index (χ1v) is 7.52. The maximum Gasteiger partial charge on any atom is 0.255 e. The van der Waals surface area contributed by atoms with Crippen LogP contribution in [0.1, 0.15) is 80.9 Å². The first kappa shape index (κ1) is 14.9. The van der Waals surface area contributed by atoms with Crippen LogP contribution >= 0.6 is 0 Å². The van der Waals surface area contributed by atoms with Crippen LogP contribution in [0.3, 0.4) is 0 Å². The summed E-state index contributed by atoms with van der Waals surface area (Å²) in [6.07, 6.45) is 0.806. The highest BCUT2D eigenvalue weighted by Gasteiger charge is 2.31. The summed E-state index contributed by atoms with van der Waals surface area (Å²) < 4.78 is 0. The fourth-order valence-corrected chi connectivity index (χ4v) is 2.52. The van der Waals surface area contributed by atoms with Gasteiger partial charge in [-0.3, -0.25) is 4.79 Å². The predicted octanol–water partition coefficient (Wildman–Crippen LogP) is 3.03. The molecule has 1 unspecified atom stereocenters. The molecule has 1 amide bonds. The molecule has 110 valence electrons. The van der Waals surface area contributed by atoms with Crippen LogP contribution in [0.15, 0.2) is 0 Å². The molecule has 2 rings (SSSR count). The molecular weight excluding hydrogens is 250 g/mol. The van der Waals surface area contributed by atoms with Crippen molar-refractivity contribution in [2.24, 2.45) is 5.92 Å². The van der Waals surface area contributed by atoms with Crippen molar-refractivity contribution in [2.75, 3.05) is 0 Å². The second kappa shape index (κ2) is 5.51. The molecule has 0 bridgehead atoms. The zero-order chi connectivity index (χ0) is 15.0. The summed E-state index contributed by atoms with van der Waals surface area (Å²) in [5, 5.41) is 3.10. The van der Waals surface area contributed by atoms with Gasteiger partial charge in [0, 0.05) is 18.4 Å². The fourth-order valence-electron chi connectivity index (χ4n) is 2.52. The third-order valence-electron chi connectivity index (χ3n) is 3.85. The Morgan fingerprint density at radius 3 is 2.20 bits per heavy atom. The predicted molar refractivity (Wildman–Crippen MR) is 80.0 cm³/mol. The van der Waals surface area contributed by atoms with Crippen molar-refractivity contribution < 1.29 is 4.79 Å². The van der Waals surface area contributed by atoms with E-state index in [0.29, 0.717) is 11.5 Å². The first-order valence-electron chi connectivity index (χ1n) is 7.52. The van der Waals surface area contributed by atoms with Crippen molar-refractivity contribution in [3.63, 3.8) is 0 Å². The number of hydrogen-bond acceptors (Lipinski definition) is 3. The molecule has 0 saturated heterocycles. The molecule has 1 aromatic heterocycles. The van der Waals surface area contributed by atoms with Gasteiger partial charge in [0.05, 0.1) is 17.0 Å². The van der Waals surface area contributed by atoms with E-state index in [0.717, 1.165) is 23.6 Å². The van der Waals surface area contributed by atoms with Gasteiger partial charge in [-0.1, -0.05) is 41.5 Å². The molecule has 4 heteroatoms. The summed E-state index contributed by atoms with van der Waals surface area (Å²) in [4.78, 5) is 21.7. The van der Waals surface area contributed by atoms with Gasteiger partial charge >= 0.3 is 0 Å². The standard InChI is InChI=1S/C16H25N3O/c1-8(2)11-7-12-13(16(20)18-11)14(9(3)4)19-15(17-12)10(5)6/h8-11H,7H2,1-6H3,(H,18,20). The van der Waals surface area contributed by atoms with Gasteiger partial charge in [-0.2, -0.15) is 0 Å². The average molecular weight is 275 g/mol. The molecule has 0 aliphatic carbocycles. The van der Waals surface area contributed by atoms with Gasteiger partial charge in [-0.05, 0) is 11.8 Å². The lowest BCUT2D eigenvalue weighted by Crippen LogP contribution is -2.45. The lowest BCUT2D eigenvalue weighted by molar-refractivity contribution is 0.0908. The Labute approximate surface area is 121 Å². The fraction of sp³-hybridized carbons (Fsp3) is 0.688. The molecule has 1 aliphatic heterocycles. The minimum Gasteiger partial charge on any atom is -0.349 e. The third-order valence-corrected chi connectivity index (χ3v) is 3.85. The molecular formula is C16H25N3O. The summed E-state index contributed by atoms with van der Waals surface area (Å²) in [6, 6.07) is 0.171. The number of aromatic nitrogens is 2. The van der Waals surface area contributed by atoms with Gasteiger partial charge < -0.3 is 5.32 Å². The number of carbonyl (C=O) groups is 1. The highest BCUT2D eigenvalue weighted by molar-refractivity contribution is 5.97. The summed E-state index contributed by atoms with van der Waals surface area (Å²) in [7, 11) is 0. The van der Waals surface area contributed by atoms with Crippen LogP contribution in [0.4, 0.5) is 0 Å². The van der Waals surface area contributed by atoms with E-state index >= 15 is 0 Å². The van der Waals surface area contributed by atoms with Gasteiger partial charge in [0.15, 0.2) is 0 Å². The third kappa shape index (κ3) is 2.69. The van der Waals surface area contributed by atoms with E-state index in [-0.39, 0.29) is 23.8 Å². The number of amides is 1. The summed E-state index contributed by atoms with van der Waals surface area (Å²) in [6.45, 7) is 12.6. The molecule has 1 aliphatic rings. The van der Waals surface area contributed by atoms with Gasteiger partial charge in [0.1, 0.15) is 5.82 Å². The quantitative estimate of drug-likeness (QED) is 0.922. The molecule has 0 aromatic carbocycles. The Morgan fingerprint density at radius 2 is 1.70 bits per heavy atom. The van der Waals surface area contributed by atoms with E-state index in [1.165, 1.54) is 0 Å². The molecule has 0 fully saturated rings. The number of fused-ring (bicyclic) bond motifs is 1. The topological polar surface area (TPSA) is 54.9 Å². The Bertz CT molecular complexity index is 521. The van der Waals surface area contributed by atoms with E-state index in [2.05, 4.69) is 56.8 Å². The monoisotopic (exact) mass is 275 g/mol. The van der Waals surface area contributed by atoms with Crippen molar-refractivity contribution in [3.05, 3.63) is 22.8 Å². The minimum absolute atomic E-state index is 0.0102. The lowest BCUT2D eigenvalue weighted by atomic mass is 9.89. The molecule has 20 heavy (non-hydrogen) atoms. The zero-order valence-corrected chi connectivity index (χ0v) is 13.3. The minimum atomic E-state index is -0.0102. The van der Waals surface area contributed by atoms with Gasteiger partial charge in [-0.25, -0.2) is 9.97 Å². The van der Waals surface area contributed by atoms with Crippen LogP contribution < -0.4 is 5.32 Å². The maximum absolute atomic E-state index is 12.4. The number of hydrogen-bond donors (Lipinski definition) is 1. The highest BCUT2D eigenvalue weighted by atomic mass is 16.1. The van der Waals surface area contributed by atoms with Gasteiger partial charge in [0.25, 0.3) is 5.91 Å². The molecule has 4 nitrogen and oxygen atoms in total. The van der Waals surface area contributed by atoms with Gasteiger partial charge in [0.2, 0.25) is 0 Å². The van der Waals surface area contributed by atoms with E-state index in [9.17, 15) is 4.79 Å². The molecule has 0 saturated carbocycles. The Balaban J connectivity index is 2.56. The SMILES string of the molecule is CC(C)c1nc2c(c(C(C)C)n1)C(=O)NC(C(C)C)C2. The number of carbonyl (C=O) groups excluding carboxylic acids is 1. The molecule has 2 heterocycles. The van der Waals surface area contributed by atoms with E-state index in [1.807, 2.05) is 0 Å². The lowest BCUT2D eigenvalue weighted by Gasteiger charge is -2.30. The van der Waals surface area contributed by atoms with Crippen molar-refractivity contribution >= 4 is 5.91 Å². The molecule has 1 atom stereocenters.